The van der Waals surface area contributed by atoms with Gasteiger partial charge in [0.25, 0.3) is 5.56 Å². The Labute approximate surface area is 159 Å². The first-order chi connectivity index (χ1) is 13.5. The molecule has 0 bridgehead atoms. The van der Waals surface area contributed by atoms with Crippen molar-refractivity contribution in [2.45, 2.75) is 20.4 Å². The average Bonchev–Trinajstić information content (AvgIpc) is 2.68. The number of benzene rings is 1. The van der Waals surface area contributed by atoms with E-state index in [2.05, 4.69) is 4.98 Å². The lowest BCUT2D eigenvalue weighted by molar-refractivity contribution is 0.701. The first-order valence-electron chi connectivity index (χ1n) is 8.82. The second-order valence-corrected chi connectivity index (χ2v) is 6.64. The fourth-order valence-corrected chi connectivity index (χ4v) is 3.18. The minimum absolute atomic E-state index is 0.0440. The van der Waals surface area contributed by atoms with Gasteiger partial charge in [0.2, 0.25) is 0 Å². The molecule has 7 heteroatoms. The molecule has 0 amide bonds. The Kier molecular flexibility index (Phi) is 4.27. The van der Waals surface area contributed by atoms with Crippen LogP contribution in [0.5, 0.6) is 0 Å². The quantitative estimate of drug-likeness (QED) is 0.511. The topological polar surface area (TPSA) is 78.4 Å². The molecule has 0 aliphatic heterocycles. The van der Waals surface area contributed by atoms with Crippen molar-refractivity contribution in [3.63, 3.8) is 0 Å². The Balaban J connectivity index is 1.78. The van der Waals surface area contributed by atoms with E-state index in [1.165, 1.54) is 19.6 Å². The van der Waals surface area contributed by atoms with Crippen LogP contribution in [0.4, 0.5) is 0 Å². The molecule has 0 N–H and O–H groups in total. The molecule has 0 saturated heterocycles. The summed E-state index contributed by atoms with van der Waals surface area (Å²) in [5, 5.41) is 0. The molecule has 0 aliphatic carbocycles. The summed E-state index contributed by atoms with van der Waals surface area (Å²) in [7, 11) is 0. The molecule has 140 valence electrons. The van der Waals surface area contributed by atoms with Crippen molar-refractivity contribution in [2.24, 2.45) is 0 Å². The second kappa shape index (κ2) is 6.77. The van der Waals surface area contributed by atoms with Crippen LogP contribution in [0.2, 0.25) is 0 Å². The fourth-order valence-electron chi connectivity index (χ4n) is 3.18. The van der Waals surface area contributed by atoms with E-state index in [0.717, 1.165) is 11.1 Å². The van der Waals surface area contributed by atoms with Gasteiger partial charge in [-0.2, -0.15) is 0 Å². The number of pyridine rings is 1. The molecular weight excluding hydrogens is 356 g/mol. The molecule has 4 aromatic rings. The van der Waals surface area contributed by atoms with Crippen molar-refractivity contribution >= 4 is 5.65 Å². The summed E-state index contributed by atoms with van der Waals surface area (Å²) in [4.78, 5) is 41.9. The molecule has 0 spiro atoms. The largest absolute Gasteiger partial charge is 0.320 e. The SMILES string of the molecule is Cc1cccc(-n2ccn(Cc3cc(=O)n4ccccc4n3)c(=O)c2=O)c1C. The number of rotatable bonds is 3. The summed E-state index contributed by atoms with van der Waals surface area (Å²) in [6, 6.07) is 12.2. The van der Waals surface area contributed by atoms with Gasteiger partial charge in [-0.25, -0.2) is 4.98 Å². The van der Waals surface area contributed by atoms with Gasteiger partial charge >= 0.3 is 11.1 Å². The first-order valence-corrected chi connectivity index (χ1v) is 8.82. The monoisotopic (exact) mass is 374 g/mol. The van der Waals surface area contributed by atoms with Crippen LogP contribution in [-0.4, -0.2) is 18.5 Å². The summed E-state index contributed by atoms with van der Waals surface area (Å²) in [6.07, 6.45) is 4.74. The number of hydrogen-bond acceptors (Lipinski definition) is 4. The molecule has 0 atom stereocenters. The number of nitrogens with zero attached hydrogens (tertiary/aromatic N) is 4. The third-order valence-electron chi connectivity index (χ3n) is 4.85. The minimum Gasteiger partial charge on any atom is -0.303 e. The molecule has 3 aromatic heterocycles. The first kappa shape index (κ1) is 17.7. The van der Waals surface area contributed by atoms with Gasteiger partial charge in [-0.05, 0) is 43.2 Å². The van der Waals surface area contributed by atoms with Crippen LogP contribution >= 0.6 is 0 Å². The van der Waals surface area contributed by atoms with Crippen molar-refractivity contribution in [1.82, 2.24) is 18.5 Å². The minimum atomic E-state index is -0.668. The fraction of sp³-hybridized carbons (Fsp3) is 0.143. The van der Waals surface area contributed by atoms with Gasteiger partial charge in [-0.1, -0.05) is 18.2 Å². The van der Waals surface area contributed by atoms with Gasteiger partial charge in [0, 0.05) is 24.7 Å². The van der Waals surface area contributed by atoms with Crippen molar-refractivity contribution in [1.29, 1.82) is 0 Å². The highest BCUT2D eigenvalue weighted by Gasteiger charge is 2.11. The Hall–Kier alpha value is -3.74. The number of aromatic nitrogens is 4. The van der Waals surface area contributed by atoms with Crippen LogP contribution in [-0.2, 0) is 6.54 Å². The van der Waals surface area contributed by atoms with Gasteiger partial charge in [-0.3, -0.25) is 23.4 Å². The predicted molar refractivity (Wildman–Crippen MR) is 106 cm³/mol. The van der Waals surface area contributed by atoms with Crippen LogP contribution in [0.25, 0.3) is 11.3 Å². The molecule has 0 aliphatic rings. The van der Waals surface area contributed by atoms with Crippen LogP contribution in [0.1, 0.15) is 16.8 Å². The van der Waals surface area contributed by atoms with Crippen molar-refractivity contribution in [2.75, 3.05) is 0 Å². The van der Waals surface area contributed by atoms with E-state index in [1.54, 1.807) is 42.9 Å². The van der Waals surface area contributed by atoms with Crippen LogP contribution in [0.15, 0.2) is 75.4 Å². The highest BCUT2D eigenvalue weighted by atomic mass is 16.2. The van der Waals surface area contributed by atoms with E-state index in [-0.39, 0.29) is 12.1 Å². The number of fused-ring (bicyclic) bond motifs is 1. The lowest BCUT2D eigenvalue weighted by Crippen LogP contribution is -2.40. The van der Waals surface area contributed by atoms with Crippen LogP contribution in [0.3, 0.4) is 0 Å². The summed E-state index contributed by atoms with van der Waals surface area (Å²) in [5.74, 6) is 0. The lowest BCUT2D eigenvalue weighted by atomic mass is 10.1. The van der Waals surface area contributed by atoms with Gasteiger partial charge in [0.15, 0.2) is 0 Å². The summed E-state index contributed by atoms with van der Waals surface area (Å²) in [5.41, 5.74) is 2.00. The molecule has 28 heavy (non-hydrogen) atoms. The van der Waals surface area contributed by atoms with E-state index in [0.29, 0.717) is 17.0 Å². The average molecular weight is 374 g/mol. The Morgan fingerprint density at radius 3 is 2.54 bits per heavy atom. The molecule has 0 radical (unpaired) electrons. The van der Waals surface area contributed by atoms with Gasteiger partial charge in [0.1, 0.15) is 5.65 Å². The molecule has 0 fully saturated rings. The van der Waals surface area contributed by atoms with Crippen LogP contribution in [0, 0.1) is 13.8 Å². The molecule has 3 heterocycles. The van der Waals surface area contributed by atoms with Crippen molar-refractivity contribution < 1.29 is 0 Å². The number of hydrogen-bond donors (Lipinski definition) is 0. The molecule has 1 aromatic carbocycles. The number of aryl methyl sites for hydroxylation is 1. The zero-order valence-electron chi connectivity index (χ0n) is 15.5. The summed E-state index contributed by atoms with van der Waals surface area (Å²) < 4.78 is 4.04. The van der Waals surface area contributed by atoms with Gasteiger partial charge < -0.3 is 4.57 Å². The molecule has 0 saturated carbocycles. The van der Waals surface area contributed by atoms with E-state index in [1.807, 2.05) is 26.0 Å². The molecule has 0 unspecified atom stereocenters. The van der Waals surface area contributed by atoms with Crippen LogP contribution < -0.4 is 16.7 Å². The Morgan fingerprint density at radius 2 is 1.71 bits per heavy atom. The van der Waals surface area contributed by atoms with Gasteiger partial charge in [-0.15, -0.1) is 0 Å². The Bertz CT molecular complexity index is 1380. The van der Waals surface area contributed by atoms with E-state index in [9.17, 15) is 14.4 Å². The smallest absolute Gasteiger partial charge is 0.303 e. The third kappa shape index (κ3) is 2.96. The zero-order valence-corrected chi connectivity index (χ0v) is 15.5. The Morgan fingerprint density at radius 1 is 0.893 bits per heavy atom. The van der Waals surface area contributed by atoms with Gasteiger partial charge in [0.05, 0.1) is 17.9 Å². The van der Waals surface area contributed by atoms with E-state index in [4.69, 9.17) is 0 Å². The molecule has 7 nitrogen and oxygen atoms in total. The zero-order chi connectivity index (χ0) is 19.8. The summed E-state index contributed by atoms with van der Waals surface area (Å²) in [6.45, 7) is 3.91. The summed E-state index contributed by atoms with van der Waals surface area (Å²) >= 11 is 0. The lowest BCUT2D eigenvalue weighted by Gasteiger charge is -2.12. The highest BCUT2D eigenvalue weighted by molar-refractivity contribution is 5.44. The molecular formula is C21H18N4O3. The van der Waals surface area contributed by atoms with E-state index >= 15 is 0 Å². The maximum absolute atomic E-state index is 12.7. The highest BCUT2D eigenvalue weighted by Crippen LogP contribution is 2.15. The maximum atomic E-state index is 12.7. The van der Waals surface area contributed by atoms with Crippen molar-refractivity contribution in [3.8, 4) is 5.69 Å². The van der Waals surface area contributed by atoms with Crippen molar-refractivity contribution in [3.05, 3.63) is 109 Å². The maximum Gasteiger partial charge on any atom is 0.320 e. The third-order valence-corrected chi connectivity index (χ3v) is 4.85. The normalized spacial score (nSPS) is 11.1. The second-order valence-electron chi connectivity index (χ2n) is 6.64. The van der Waals surface area contributed by atoms with E-state index < -0.39 is 11.1 Å². The molecule has 4 rings (SSSR count). The predicted octanol–water partition coefficient (Wildman–Crippen LogP) is 1.67. The standard InChI is InChI=1S/C21H18N4O3/c1-14-6-5-7-17(15(14)2)24-11-10-23(20(27)21(24)28)13-16-12-19(26)25-9-4-3-8-18(25)22-16/h3-12H,13H2,1-2H3.